The number of nitrogens with one attached hydrogen (secondary N) is 2. The molecule has 2 heterocycles. The average Bonchev–Trinajstić information content (AvgIpc) is 3.41. The summed E-state index contributed by atoms with van der Waals surface area (Å²) in [6.07, 6.45) is -0.0338. The van der Waals surface area contributed by atoms with E-state index in [-0.39, 0.29) is 18.7 Å². The van der Waals surface area contributed by atoms with Crippen molar-refractivity contribution < 1.29 is 14.4 Å². The van der Waals surface area contributed by atoms with Gasteiger partial charge in [0, 0.05) is 18.3 Å². The Hall–Kier alpha value is -4.77. The normalized spacial score (nSPS) is 17.3. The van der Waals surface area contributed by atoms with Crippen LogP contribution in [0.1, 0.15) is 30.3 Å². The highest BCUT2D eigenvalue weighted by Gasteiger charge is 2.49. The molecule has 0 spiro atoms. The van der Waals surface area contributed by atoms with Crippen LogP contribution < -0.4 is 16.4 Å². The van der Waals surface area contributed by atoms with E-state index in [0.29, 0.717) is 11.3 Å². The molecule has 2 aromatic carbocycles. The van der Waals surface area contributed by atoms with Gasteiger partial charge in [-0.1, -0.05) is 53.6 Å². The Kier molecular flexibility index (Phi) is 6.42. The van der Waals surface area contributed by atoms with Crippen molar-refractivity contribution in [3.05, 3.63) is 82.0 Å². The first-order chi connectivity index (χ1) is 16.9. The van der Waals surface area contributed by atoms with Crippen molar-refractivity contribution in [2.75, 3.05) is 0 Å². The highest BCUT2D eigenvalue weighted by Crippen LogP contribution is 2.45. The molecule has 1 aliphatic heterocycles. The number of nitrogens with two attached hydrogens (primary N) is 1. The second-order valence-corrected chi connectivity index (χ2v) is 8.09. The molecule has 13 heteroatoms. The van der Waals surface area contributed by atoms with Gasteiger partial charge in [-0.05, 0) is 39.6 Å². The van der Waals surface area contributed by atoms with Gasteiger partial charge in [-0.3, -0.25) is 14.4 Å². The van der Waals surface area contributed by atoms with E-state index in [1.807, 2.05) is 30.3 Å². The van der Waals surface area contributed by atoms with Crippen molar-refractivity contribution >= 4 is 17.7 Å². The molecule has 35 heavy (non-hydrogen) atoms. The monoisotopic (exact) mass is 474 g/mol. The smallest absolute Gasteiger partial charge is 0.243 e. The van der Waals surface area contributed by atoms with Gasteiger partial charge >= 0.3 is 0 Å². The summed E-state index contributed by atoms with van der Waals surface area (Å²) in [5.41, 5.74) is 15.5. The van der Waals surface area contributed by atoms with Crippen LogP contribution in [0.5, 0.6) is 0 Å². The fourth-order valence-electron chi connectivity index (χ4n) is 4.25. The highest BCUT2D eigenvalue weighted by atomic mass is 16.2. The third-order valence-corrected chi connectivity index (χ3v) is 5.77. The molecule has 1 aromatic heterocycles. The second kappa shape index (κ2) is 9.61. The number of para-hydroxylation sites is 1. The van der Waals surface area contributed by atoms with E-state index in [0.717, 1.165) is 5.56 Å². The van der Waals surface area contributed by atoms with Crippen LogP contribution in [0.15, 0.2) is 59.7 Å². The molecule has 0 saturated heterocycles. The summed E-state index contributed by atoms with van der Waals surface area (Å²) in [6, 6.07) is 13.8. The third-order valence-electron chi connectivity index (χ3n) is 5.77. The summed E-state index contributed by atoms with van der Waals surface area (Å²) in [4.78, 5) is 40.4. The first-order valence-electron chi connectivity index (χ1n) is 10.7. The van der Waals surface area contributed by atoms with Crippen molar-refractivity contribution in [2.24, 2.45) is 10.8 Å². The molecule has 4 rings (SSSR count). The van der Waals surface area contributed by atoms with Crippen LogP contribution in [0, 0.1) is 0 Å². The molecule has 3 atom stereocenters. The second-order valence-electron chi connectivity index (χ2n) is 8.09. The molecule has 4 N–H and O–H groups in total. The van der Waals surface area contributed by atoms with E-state index >= 15 is 0 Å². The fourth-order valence-corrected chi connectivity index (χ4v) is 4.25. The number of primary amides is 1. The maximum atomic E-state index is 13.2. The summed E-state index contributed by atoms with van der Waals surface area (Å²) in [5, 5.41) is 20.9. The van der Waals surface area contributed by atoms with Gasteiger partial charge in [-0.2, -0.15) is 4.68 Å². The largest absolute Gasteiger partial charge is 0.368 e. The van der Waals surface area contributed by atoms with Gasteiger partial charge in [-0.15, -0.1) is 5.10 Å². The quantitative estimate of drug-likeness (QED) is 0.231. The van der Waals surface area contributed by atoms with Crippen LogP contribution in [-0.4, -0.2) is 50.0 Å². The molecule has 178 valence electrons. The summed E-state index contributed by atoms with van der Waals surface area (Å²) in [5.74, 6) is -1.68. The van der Waals surface area contributed by atoms with Crippen LogP contribution >= 0.6 is 0 Å². The zero-order valence-electron chi connectivity index (χ0n) is 18.7. The minimum atomic E-state index is -1.50. The zero-order chi connectivity index (χ0) is 25.0. The molecule has 0 radical (unpaired) electrons. The Balaban J connectivity index is 1.65. The molecule has 1 unspecified atom stereocenters. The van der Waals surface area contributed by atoms with Crippen molar-refractivity contribution in [3.8, 4) is 5.69 Å². The SMILES string of the molecule is CC(=O)N[C@@H](Cc1ccccc1)C(=O)N[C@@H](CC1(N=[N+]=[N-])c2ccccc2-n2nnnc21)C(N)=O. The minimum absolute atomic E-state index is 0.194. The Bertz CT molecular complexity index is 1320. The van der Waals surface area contributed by atoms with E-state index in [9.17, 15) is 19.9 Å². The Morgan fingerprint density at radius 1 is 1.11 bits per heavy atom. The van der Waals surface area contributed by atoms with Crippen LogP contribution in [0.4, 0.5) is 0 Å². The Morgan fingerprint density at radius 3 is 2.51 bits per heavy atom. The lowest BCUT2D eigenvalue weighted by atomic mass is 9.84. The van der Waals surface area contributed by atoms with E-state index in [2.05, 4.69) is 36.2 Å². The first-order valence-corrected chi connectivity index (χ1v) is 10.7. The number of carbonyl (C=O) groups excluding carboxylic acids is 3. The number of aromatic nitrogens is 4. The summed E-state index contributed by atoms with van der Waals surface area (Å²) < 4.78 is 1.42. The predicted octanol–water partition coefficient (Wildman–Crippen LogP) is 0.637. The van der Waals surface area contributed by atoms with Crippen LogP contribution in [0.2, 0.25) is 0 Å². The summed E-state index contributed by atoms with van der Waals surface area (Å²) in [7, 11) is 0. The van der Waals surface area contributed by atoms with E-state index < -0.39 is 35.3 Å². The number of fused-ring (bicyclic) bond motifs is 3. The molecule has 3 amide bonds. The number of tetrazole rings is 1. The Labute approximate surface area is 199 Å². The molecule has 0 bridgehead atoms. The van der Waals surface area contributed by atoms with Gasteiger partial charge in [0.1, 0.15) is 17.6 Å². The van der Waals surface area contributed by atoms with Gasteiger partial charge in [0.2, 0.25) is 17.7 Å². The van der Waals surface area contributed by atoms with Gasteiger partial charge < -0.3 is 16.4 Å². The number of nitrogens with zero attached hydrogens (tertiary/aromatic N) is 7. The number of hydrogen-bond acceptors (Lipinski definition) is 7. The summed E-state index contributed by atoms with van der Waals surface area (Å²) in [6.45, 7) is 1.29. The number of amides is 3. The van der Waals surface area contributed by atoms with E-state index in [1.54, 1.807) is 24.3 Å². The molecule has 0 fully saturated rings. The van der Waals surface area contributed by atoms with E-state index in [4.69, 9.17) is 5.73 Å². The van der Waals surface area contributed by atoms with E-state index in [1.165, 1.54) is 11.6 Å². The van der Waals surface area contributed by atoms with Crippen LogP contribution in [0.3, 0.4) is 0 Å². The molecule has 1 aliphatic rings. The fraction of sp³-hybridized carbons (Fsp3) is 0.273. The average molecular weight is 474 g/mol. The molecular formula is C22H22N10O3. The van der Waals surface area contributed by atoms with Gasteiger partial charge in [0.05, 0.1) is 5.69 Å². The van der Waals surface area contributed by atoms with Crippen molar-refractivity contribution in [1.29, 1.82) is 0 Å². The van der Waals surface area contributed by atoms with Gasteiger partial charge in [0.25, 0.3) is 0 Å². The van der Waals surface area contributed by atoms with Crippen LogP contribution in [-0.2, 0) is 26.3 Å². The number of carbonyl (C=O) groups is 3. The van der Waals surface area contributed by atoms with Crippen molar-refractivity contribution in [2.45, 2.75) is 37.4 Å². The lowest BCUT2D eigenvalue weighted by molar-refractivity contribution is -0.131. The maximum absolute atomic E-state index is 13.2. The standard InChI is InChI=1S/C22H22N10O3/c1-13(33)25-16(11-14-7-3-2-4-8-14)20(35)26-17(19(23)34)12-22(28-29-24)15-9-5-6-10-18(15)32-21(22)27-30-31-32/h2-10,16-17H,11-12H2,1H3,(H2,23,34)(H,25,33)(H,26,35)/t16-,17-,22?/m0/s1. The predicted molar refractivity (Wildman–Crippen MR) is 123 cm³/mol. The van der Waals surface area contributed by atoms with Gasteiger partial charge in [0.15, 0.2) is 5.82 Å². The lowest BCUT2D eigenvalue weighted by Gasteiger charge is -2.28. The van der Waals surface area contributed by atoms with Crippen LogP contribution in [0.25, 0.3) is 16.1 Å². The number of azide groups is 1. The number of benzene rings is 2. The molecule has 13 nitrogen and oxygen atoms in total. The summed E-state index contributed by atoms with van der Waals surface area (Å²) >= 11 is 0. The zero-order valence-corrected chi connectivity index (χ0v) is 18.7. The van der Waals surface area contributed by atoms with Gasteiger partial charge in [-0.25, -0.2) is 0 Å². The molecule has 0 saturated carbocycles. The number of rotatable bonds is 9. The first kappa shape index (κ1) is 23.4. The number of hydrogen-bond donors (Lipinski definition) is 3. The topological polar surface area (TPSA) is 194 Å². The third kappa shape index (κ3) is 4.52. The van der Waals surface area contributed by atoms with Crippen molar-refractivity contribution in [1.82, 2.24) is 30.8 Å². The molecular weight excluding hydrogens is 452 g/mol. The van der Waals surface area contributed by atoms with Crippen molar-refractivity contribution in [3.63, 3.8) is 0 Å². The molecule has 0 aliphatic carbocycles. The lowest BCUT2D eigenvalue weighted by Crippen LogP contribution is -2.55. The molecule has 3 aromatic rings. The maximum Gasteiger partial charge on any atom is 0.243 e. The minimum Gasteiger partial charge on any atom is -0.368 e. The Morgan fingerprint density at radius 2 is 1.83 bits per heavy atom. The highest BCUT2D eigenvalue weighted by molar-refractivity contribution is 5.91.